The van der Waals surface area contributed by atoms with Crippen LogP contribution in [0, 0.1) is 17.4 Å². The fourth-order valence-corrected chi connectivity index (χ4v) is 3.08. The van der Waals surface area contributed by atoms with Gasteiger partial charge in [-0.15, -0.1) is 13.2 Å². The van der Waals surface area contributed by atoms with Crippen molar-refractivity contribution in [2.45, 2.75) is 30.3 Å². The van der Waals surface area contributed by atoms with Gasteiger partial charge < -0.3 is 4.74 Å². The highest BCUT2D eigenvalue weighted by Gasteiger charge is 2.83. The van der Waals surface area contributed by atoms with E-state index in [1.54, 1.807) is 6.07 Å². The fraction of sp³-hybridized carbons (Fsp3) is 0.278. The molecule has 1 atom stereocenters. The molecule has 15 heteroatoms. The van der Waals surface area contributed by atoms with Crippen LogP contribution in [0.25, 0.3) is 11.1 Å². The largest absolute Gasteiger partial charge is 0.573 e. The highest BCUT2D eigenvalue weighted by Crippen LogP contribution is 2.62. The number of nitriles is 1. The molecule has 2 rings (SSSR count). The van der Waals surface area contributed by atoms with Gasteiger partial charge in [-0.1, -0.05) is 12.1 Å². The molecule has 0 fully saturated rings. The average molecular weight is 559 g/mol. The summed E-state index contributed by atoms with van der Waals surface area (Å²) in [5.41, 5.74) is -11.9. The van der Waals surface area contributed by atoms with Gasteiger partial charge in [0.25, 0.3) is 0 Å². The zero-order valence-corrected chi connectivity index (χ0v) is 16.7. The van der Waals surface area contributed by atoms with Crippen LogP contribution < -0.4 is 4.74 Å². The van der Waals surface area contributed by atoms with Crippen LogP contribution in [0.3, 0.4) is 0 Å². The van der Waals surface area contributed by atoms with Gasteiger partial charge in [0.15, 0.2) is 5.75 Å². The van der Waals surface area contributed by atoms with Crippen molar-refractivity contribution in [3.8, 4) is 22.9 Å². The molecular weight excluding hydrogens is 554 g/mol. The third-order valence-electron chi connectivity index (χ3n) is 4.11. The van der Waals surface area contributed by atoms with Crippen LogP contribution in [0.4, 0.5) is 52.7 Å². The van der Waals surface area contributed by atoms with Gasteiger partial charge in [-0.3, -0.25) is 0 Å². The number of ether oxygens (including phenoxy) is 1. The van der Waals surface area contributed by atoms with Crippen molar-refractivity contribution in [1.82, 2.24) is 0 Å². The highest BCUT2D eigenvalue weighted by atomic mass is 79.9. The van der Waals surface area contributed by atoms with E-state index in [1.807, 2.05) is 6.07 Å². The molecule has 2 aromatic carbocycles. The van der Waals surface area contributed by atoms with E-state index in [4.69, 9.17) is 5.26 Å². The lowest BCUT2D eigenvalue weighted by Crippen LogP contribution is -2.60. The lowest BCUT2D eigenvalue weighted by molar-refractivity contribution is -0.389. The molecule has 0 aromatic heterocycles. The minimum absolute atomic E-state index is 0.170. The Morgan fingerprint density at radius 3 is 1.73 bits per heavy atom. The van der Waals surface area contributed by atoms with E-state index >= 15 is 4.39 Å². The first-order valence-corrected chi connectivity index (χ1v) is 8.78. The average Bonchev–Trinajstić information content (AvgIpc) is 2.66. The van der Waals surface area contributed by atoms with Crippen LogP contribution in [0.5, 0.6) is 5.75 Å². The van der Waals surface area contributed by atoms with Crippen LogP contribution in [0.2, 0.25) is 0 Å². The molecule has 0 N–H and O–H groups in total. The molecule has 0 saturated heterocycles. The number of halogens is 13. The van der Waals surface area contributed by atoms with E-state index in [0.717, 1.165) is 12.1 Å². The Labute approximate surface area is 184 Å². The van der Waals surface area contributed by atoms with E-state index in [1.165, 1.54) is 0 Å². The monoisotopic (exact) mass is 558 g/mol. The molecule has 0 aliphatic heterocycles. The molecule has 1 unspecified atom stereocenters. The van der Waals surface area contributed by atoms with Crippen molar-refractivity contribution in [2.75, 3.05) is 0 Å². The van der Waals surface area contributed by atoms with Crippen molar-refractivity contribution in [2.24, 2.45) is 0 Å². The second kappa shape index (κ2) is 8.30. The molecule has 0 saturated carbocycles. The van der Waals surface area contributed by atoms with Gasteiger partial charge in [-0.2, -0.15) is 40.4 Å². The third kappa shape index (κ3) is 4.71. The molecule has 2 nitrogen and oxygen atoms in total. The zero-order chi connectivity index (χ0) is 25.6. The maximum atomic E-state index is 15.3. The van der Waals surface area contributed by atoms with Crippen LogP contribution in [0.15, 0.2) is 34.8 Å². The Balaban J connectivity index is 3.11. The van der Waals surface area contributed by atoms with Crippen molar-refractivity contribution >= 4 is 15.9 Å². The molecule has 0 heterocycles. The highest BCUT2D eigenvalue weighted by molar-refractivity contribution is 9.10. The second-order valence-corrected chi connectivity index (χ2v) is 6.98. The molecule has 0 aliphatic carbocycles. The summed E-state index contributed by atoms with van der Waals surface area (Å²) in [4.78, 5) is 0. The number of hydrogen-bond acceptors (Lipinski definition) is 2. The van der Waals surface area contributed by atoms with E-state index in [2.05, 4.69) is 20.7 Å². The van der Waals surface area contributed by atoms with Crippen LogP contribution in [-0.2, 0) is 5.67 Å². The normalized spacial score (nSPS) is 15.0. The van der Waals surface area contributed by atoms with Crippen molar-refractivity contribution in [1.29, 1.82) is 5.26 Å². The third-order valence-corrected chi connectivity index (χ3v) is 4.69. The summed E-state index contributed by atoms with van der Waals surface area (Å²) in [6.07, 6.45) is -20.2. The van der Waals surface area contributed by atoms with Crippen LogP contribution in [-0.4, -0.2) is 24.6 Å². The van der Waals surface area contributed by atoms with Crippen LogP contribution in [0.1, 0.15) is 11.1 Å². The summed E-state index contributed by atoms with van der Waals surface area (Å²) in [6, 6.07) is 6.74. The maximum Gasteiger partial charge on any atom is 0.573 e. The van der Waals surface area contributed by atoms with Gasteiger partial charge in [0, 0.05) is 6.07 Å². The van der Waals surface area contributed by atoms with Gasteiger partial charge in [0.2, 0.25) is 0 Å². The van der Waals surface area contributed by atoms with Crippen molar-refractivity contribution in [3.63, 3.8) is 0 Å². The molecule has 0 spiro atoms. The smallest absolute Gasteiger partial charge is 0.404 e. The lowest BCUT2D eigenvalue weighted by atomic mass is 9.82. The molecule has 33 heavy (non-hydrogen) atoms. The Morgan fingerprint density at radius 1 is 0.818 bits per heavy atom. The molecule has 1 radical (unpaired) electrons. The van der Waals surface area contributed by atoms with Gasteiger partial charge >= 0.3 is 30.3 Å². The van der Waals surface area contributed by atoms with E-state index in [9.17, 15) is 48.3 Å². The number of hydrogen-bond donors (Lipinski definition) is 0. The van der Waals surface area contributed by atoms with E-state index in [-0.39, 0.29) is 11.6 Å². The first-order valence-electron chi connectivity index (χ1n) is 7.99. The topological polar surface area (TPSA) is 33.0 Å². The Morgan fingerprint density at radius 2 is 1.33 bits per heavy atom. The van der Waals surface area contributed by atoms with Gasteiger partial charge in [-0.25, -0.2) is 4.39 Å². The van der Waals surface area contributed by atoms with Crippen molar-refractivity contribution < 1.29 is 57.4 Å². The molecule has 2 aromatic rings. The second-order valence-electron chi connectivity index (χ2n) is 6.19. The number of benzene rings is 2. The summed E-state index contributed by atoms with van der Waals surface area (Å²) in [5, 5.41) is 8.75. The molecule has 0 bridgehead atoms. The Kier molecular flexibility index (Phi) is 6.69. The number of alkyl halides is 12. The first kappa shape index (κ1) is 26.6. The summed E-state index contributed by atoms with van der Waals surface area (Å²) >= 11 is 2.22. The molecule has 0 amide bonds. The predicted molar refractivity (Wildman–Crippen MR) is 89.7 cm³/mol. The lowest BCUT2D eigenvalue weighted by Gasteiger charge is -2.38. The van der Waals surface area contributed by atoms with Gasteiger partial charge in [-0.05, 0) is 45.3 Å². The minimum atomic E-state index is -7.27. The molecule has 179 valence electrons. The van der Waals surface area contributed by atoms with E-state index < -0.39 is 57.2 Å². The molecule has 0 aliphatic rings. The SMILES string of the molecule is N#Cc1ccc(-c2c[c]c(Br)c(OC(F)(F)F)c2C(F)(C(F)(F)F)C(F)(F)C(F)(F)F)cc1. The first-order chi connectivity index (χ1) is 14.8. The van der Waals surface area contributed by atoms with Crippen molar-refractivity contribution in [3.05, 3.63) is 52.0 Å². The summed E-state index contributed by atoms with van der Waals surface area (Å²) in [6.45, 7) is 0. The maximum absolute atomic E-state index is 15.3. The minimum Gasteiger partial charge on any atom is -0.404 e. The Bertz CT molecular complexity index is 1070. The number of rotatable bonds is 4. The van der Waals surface area contributed by atoms with Crippen LogP contribution >= 0.6 is 15.9 Å². The standard InChI is InChI=1S/C18H5BrF12NO/c19-11-6-5-10(9-3-1-8(7-32)2-4-9)12(13(11)33-18(29,30)31)14(20,16(23,24)25)15(21,22)17(26,27)28/h1-5H. The summed E-state index contributed by atoms with van der Waals surface area (Å²) in [5.74, 6) is -9.63. The summed E-state index contributed by atoms with van der Waals surface area (Å²) in [7, 11) is 0. The van der Waals surface area contributed by atoms with Gasteiger partial charge in [0.1, 0.15) is 0 Å². The fourth-order valence-electron chi connectivity index (χ4n) is 2.68. The quantitative estimate of drug-likeness (QED) is 0.362. The predicted octanol–water partition coefficient (Wildman–Crippen LogP) is 7.61. The zero-order valence-electron chi connectivity index (χ0n) is 15.2. The summed E-state index contributed by atoms with van der Waals surface area (Å²) < 4.78 is 164. The number of nitrogens with zero attached hydrogens (tertiary/aromatic N) is 1. The van der Waals surface area contributed by atoms with Gasteiger partial charge in [0.05, 0.1) is 21.7 Å². The van der Waals surface area contributed by atoms with E-state index in [0.29, 0.717) is 12.1 Å². The molecular formula is C18H5BrF12NO. The Hall–Kier alpha value is -2.63.